The van der Waals surface area contributed by atoms with Crippen molar-refractivity contribution in [1.82, 2.24) is 4.90 Å². The average Bonchev–Trinajstić information content (AvgIpc) is 3.16. The number of nitrogens with zero attached hydrogens (tertiary/aromatic N) is 1. The van der Waals surface area contributed by atoms with Crippen molar-refractivity contribution in [3.8, 4) is 0 Å². The van der Waals surface area contributed by atoms with Crippen LogP contribution in [-0.2, 0) is 0 Å². The molecular weight excluding hydrogens is 334 g/mol. The van der Waals surface area contributed by atoms with Crippen molar-refractivity contribution in [2.24, 2.45) is 17.8 Å². The van der Waals surface area contributed by atoms with Gasteiger partial charge in [-0.25, -0.2) is 0 Å². The molecular formula is C24H35NO2. The van der Waals surface area contributed by atoms with E-state index in [1.165, 1.54) is 32.2 Å². The molecule has 1 aromatic rings. The van der Waals surface area contributed by atoms with E-state index in [0.717, 1.165) is 18.4 Å². The van der Waals surface area contributed by atoms with E-state index in [-0.39, 0.29) is 12.0 Å². The van der Waals surface area contributed by atoms with E-state index in [0.29, 0.717) is 11.8 Å². The molecule has 27 heavy (non-hydrogen) atoms. The van der Waals surface area contributed by atoms with Gasteiger partial charge in [-0.3, -0.25) is 0 Å². The minimum absolute atomic E-state index is 0.163. The molecule has 3 rings (SSSR count). The van der Waals surface area contributed by atoms with Gasteiger partial charge in [0.25, 0.3) is 0 Å². The summed E-state index contributed by atoms with van der Waals surface area (Å²) >= 11 is 0. The molecule has 3 nitrogen and oxygen atoms in total. The number of allylic oxidation sites excluding steroid dienone is 2. The fourth-order valence-corrected chi connectivity index (χ4v) is 4.74. The number of hydrogen-bond donors (Lipinski definition) is 2. The summed E-state index contributed by atoms with van der Waals surface area (Å²) in [5.41, 5.74) is 2.49. The van der Waals surface area contributed by atoms with Gasteiger partial charge in [0, 0.05) is 5.92 Å². The number of hydrogen-bond acceptors (Lipinski definition) is 3. The van der Waals surface area contributed by atoms with Gasteiger partial charge in [0.1, 0.15) is 0 Å². The molecule has 1 saturated carbocycles. The molecule has 0 unspecified atom stereocenters. The Hall–Kier alpha value is -1.42. The van der Waals surface area contributed by atoms with E-state index in [1.54, 1.807) is 5.57 Å². The normalized spacial score (nSPS) is 28.7. The molecule has 0 heterocycles. The largest absolute Gasteiger partial charge is 0.392 e. The molecule has 0 spiro atoms. The summed E-state index contributed by atoms with van der Waals surface area (Å²) in [5, 5.41) is 20.9. The lowest BCUT2D eigenvalue weighted by molar-refractivity contribution is 0.140. The maximum atomic E-state index is 10.5. The number of benzene rings is 1. The standard InChI is InChI=1S/C24H35NO2/c1-25(2)14-8-4-5-9-18-15-20-17-24(27)21(22(20)16-18)12-13-23(26)19-10-6-3-7-11-19/h3,6-7,10-13,15,20-24,26-27H,4-5,8-9,14,16-17H2,1-2H3/b13-12+/t20-,21+,22-,23+,24+/m0/s1. The molecule has 148 valence electrons. The quantitative estimate of drug-likeness (QED) is 0.503. The molecule has 2 N–H and O–H groups in total. The maximum Gasteiger partial charge on any atom is 0.0971 e. The zero-order valence-corrected chi connectivity index (χ0v) is 16.8. The van der Waals surface area contributed by atoms with Crippen LogP contribution in [0.25, 0.3) is 0 Å². The number of rotatable bonds is 9. The third kappa shape index (κ3) is 5.54. The van der Waals surface area contributed by atoms with Crippen LogP contribution in [0.15, 0.2) is 54.1 Å². The molecule has 0 amide bonds. The Bertz CT molecular complexity index is 637. The molecule has 0 aliphatic heterocycles. The fraction of sp³-hybridized carbons (Fsp3) is 0.583. The Morgan fingerprint density at radius 3 is 2.67 bits per heavy atom. The maximum absolute atomic E-state index is 10.5. The molecule has 1 fully saturated rings. The number of unbranched alkanes of at least 4 members (excludes halogenated alkanes) is 2. The van der Waals surface area contributed by atoms with E-state index in [9.17, 15) is 10.2 Å². The smallest absolute Gasteiger partial charge is 0.0971 e. The Balaban J connectivity index is 1.49. The first-order valence-corrected chi connectivity index (χ1v) is 10.5. The minimum atomic E-state index is -0.594. The molecule has 1 aromatic carbocycles. The van der Waals surface area contributed by atoms with Crippen LogP contribution in [0, 0.1) is 17.8 Å². The van der Waals surface area contributed by atoms with E-state index in [2.05, 4.69) is 31.1 Å². The lowest BCUT2D eigenvalue weighted by atomic mass is 9.88. The van der Waals surface area contributed by atoms with E-state index in [1.807, 2.05) is 36.4 Å². The molecule has 2 aliphatic carbocycles. The summed E-state index contributed by atoms with van der Waals surface area (Å²) in [5.74, 6) is 1.19. The Morgan fingerprint density at radius 2 is 1.93 bits per heavy atom. The first-order valence-electron chi connectivity index (χ1n) is 10.5. The summed E-state index contributed by atoms with van der Waals surface area (Å²) in [7, 11) is 4.27. The van der Waals surface area contributed by atoms with Gasteiger partial charge < -0.3 is 15.1 Å². The molecule has 3 heteroatoms. The van der Waals surface area contributed by atoms with Gasteiger partial charge in [0.15, 0.2) is 0 Å². The van der Waals surface area contributed by atoms with Gasteiger partial charge in [-0.2, -0.15) is 0 Å². The Kier molecular flexibility index (Phi) is 7.28. The number of aliphatic hydroxyl groups excluding tert-OH is 2. The van der Waals surface area contributed by atoms with Crippen molar-refractivity contribution in [1.29, 1.82) is 0 Å². The van der Waals surface area contributed by atoms with E-state index in [4.69, 9.17) is 0 Å². The van der Waals surface area contributed by atoms with Gasteiger partial charge in [0.05, 0.1) is 12.2 Å². The van der Waals surface area contributed by atoms with Crippen LogP contribution in [0.1, 0.15) is 50.2 Å². The van der Waals surface area contributed by atoms with Gasteiger partial charge in [-0.1, -0.05) is 60.6 Å². The lowest BCUT2D eigenvalue weighted by Crippen LogP contribution is -2.17. The third-order valence-electron chi connectivity index (χ3n) is 6.21. The zero-order valence-electron chi connectivity index (χ0n) is 16.8. The first-order chi connectivity index (χ1) is 13.0. The van der Waals surface area contributed by atoms with Gasteiger partial charge >= 0.3 is 0 Å². The van der Waals surface area contributed by atoms with Crippen molar-refractivity contribution in [2.75, 3.05) is 20.6 Å². The summed E-state index contributed by atoms with van der Waals surface area (Å²) in [6.07, 6.45) is 12.5. The molecule has 5 atom stereocenters. The van der Waals surface area contributed by atoms with Gasteiger partial charge in [0.2, 0.25) is 0 Å². The van der Waals surface area contributed by atoms with Crippen LogP contribution in [0.5, 0.6) is 0 Å². The van der Waals surface area contributed by atoms with Crippen LogP contribution < -0.4 is 0 Å². The number of aliphatic hydroxyl groups is 2. The second kappa shape index (κ2) is 9.68. The molecule has 0 aromatic heterocycles. The summed E-state index contributed by atoms with van der Waals surface area (Å²) in [6, 6.07) is 9.72. The van der Waals surface area contributed by atoms with E-state index < -0.39 is 6.10 Å². The summed E-state index contributed by atoms with van der Waals surface area (Å²) in [6.45, 7) is 1.17. The molecule has 0 radical (unpaired) electrons. The molecule has 2 aliphatic rings. The lowest BCUT2D eigenvalue weighted by Gasteiger charge is -2.19. The Labute approximate surface area is 164 Å². The zero-order chi connectivity index (χ0) is 19.2. The van der Waals surface area contributed by atoms with Gasteiger partial charge in [-0.05, 0) is 70.1 Å². The first kappa shape index (κ1) is 20.3. The van der Waals surface area contributed by atoms with Crippen LogP contribution in [0.3, 0.4) is 0 Å². The molecule has 0 bridgehead atoms. The van der Waals surface area contributed by atoms with Crippen LogP contribution in [-0.4, -0.2) is 41.9 Å². The van der Waals surface area contributed by atoms with Crippen molar-refractivity contribution < 1.29 is 10.2 Å². The Morgan fingerprint density at radius 1 is 1.15 bits per heavy atom. The monoisotopic (exact) mass is 369 g/mol. The average molecular weight is 370 g/mol. The third-order valence-corrected chi connectivity index (χ3v) is 6.21. The number of fused-ring (bicyclic) bond motifs is 1. The predicted molar refractivity (Wildman–Crippen MR) is 111 cm³/mol. The highest BCUT2D eigenvalue weighted by atomic mass is 16.3. The highest BCUT2D eigenvalue weighted by molar-refractivity contribution is 5.24. The van der Waals surface area contributed by atoms with E-state index >= 15 is 0 Å². The fourth-order valence-electron chi connectivity index (χ4n) is 4.74. The SMILES string of the molecule is CN(C)CCCCCC1=C[C@H]2C[C@@H](O)[C@H](/C=C/[C@@H](O)c3ccccc3)[C@H]2C1. The van der Waals surface area contributed by atoms with Crippen molar-refractivity contribution >= 4 is 0 Å². The minimum Gasteiger partial charge on any atom is -0.392 e. The topological polar surface area (TPSA) is 43.7 Å². The highest BCUT2D eigenvalue weighted by Gasteiger charge is 2.43. The second-order valence-corrected chi connectivity index (χ2v) is 8.59. The van der Waals surface area contributed by atoms with Crippen molar-refractivity contribution in [2.45, 2.75) is 50.7 Å². The molecule has 0 saturated heterocycles. The van der Waals surface area contributed by atoms with Gasteiger partial charge in [-0.15, -0.1) is 0 Å². The van der Waals surface area contributed by atoms with Crippen molar-refractivity contribution in [3.05, 3.63) is 59.7 Å². The highest BCUT2D eigenvalue weighted by Crippen LogP contribution is 2.48. The van der Waals surface area contributed by atoms with Crippen LogP contribution in [0.2, 0.25) is 0 Å². The van der Waals surface area contributed by atoms with Crippen LogP contribution >= 0.6 is 0 Å². The van der Waals surface area contributed by atoms with Crippen LogP contribution in [0.4, 0.5) is 0 Å². The summed E-state index contributed by atoms with van der Waals surface area (Å²) < 4.78 is 0. The summed E-state index contributed by atoms with van der Waals surface area (Å²) in [4.78, 5) is 2.25. The second-order valence-electron chi connectivity index (χ2n) is 8.59. The predicted octanol–water partition coefficient (Wildman–Crippen LogP) is 4.34. The van der Waals surface area contributed by atoms with Crippen molar-refractivity contribution in [3.63, 3.8) is 0 Å².